The van der Waals surface area contributed by atoms with E-state index in [0.717, 1.165) is 5.56 Å². The molecule has 0 saturated heterocycles. The van der Waals surface area contributed by atoms with Crippen LogP contribution < -0.4 is 20.5 Å². The molecule has 0 fully saturated rings. The second-order valence-corrected chi connectivity index (χ2v) is 4.00. The van der Waals surface area contributed by atoms with Crippen LogP contribution in [0.1, 0.15) is 18.0 Å². The molecule has 19 heavy (non-hydrogen) atoms. The highest BCUT2D eigenvalue weighted by Crippen LogP contribution is 2.30. The summed E-state index contributed by atoms with van der Waals surface area (Å²) < 4.78 is 10.3. The Hall–Kier alpha value is -1.79. The number of carbonyl (C=O) groups is 1. The molecule has 1 aromatic carbocycles. The fourth-order valence-corrected chi connectivity index (χ4v) is 1.67. The van der Waals surface area contributed by atoms with E-state index in [1.54, 1.807) is 32.4 Å². The van der Waals surface area contributed by atoms with Gasteiger partial charge in [0.1, 0.15) is 0 Å². The van der Waals surface area contributed by atoms with Crippen molar-refractivity contribution in [2.75, 3.05) is 27.4 Å². The van der Waals surface area contributed by atoms with E-state index in [-0.39, 0.29) is 25.5 Å². The molecule has 1 atom stereocenters. The highest BCUT2D eigenvalue weighted by atomic mass is 16.5. The van der Waals surface area contributed by atoms with Crippen LogP contribution in [-0.2, 0) is 4.79 Å². The summed E-state index contributed by atoms with van der Waals surface area (Å²) in [5.41, 5.74) is 6.75. The molecule has 1 rings (SSSR count). The number of benzene rings is 1. The Morgan fingerprint density at radius 3 is 2.63 bits per heavy atom. The Balaban J connectivity index is 2.71. The zero-order valence-corrected chi connectivity index (χ0v) is 11.2. The molecule has 106 valence electrons. The molecule has 0 heterocycles. The molecule has 4 N–H and O–H groups in total. The molecule has 0 bridgehead atoms. The third-order valence-electron chi connectivity index (χ3n) is 2.68. The van der Waals surface area contributed by atoms with Crippen LogP contribution in [0.3, 0.4) is 0 Å². The van der Waals surface area contributed by atoms with E-state index in [1.165, 1.54) is 0 Å². The fourth-order valence-electron chi connectivity index (χ4n) is 1.67. The van der Waals surface area contributed by atoms with Crippen molar-refractivity contribution < 1.29 is 19.4 Å². The number of ether oxygens (including phenoxy) is 2. The van der Waals surface area contributed by atoms with Gasteiger partial charge in [0.05, 0.1) is 20.8 Å². The molecule has 0 spiro atoms. The SMILES string of the molecule is COc1ccc(C(N)CC(=O)NCCO)cc1OC. The van der Waals surface area contributed by atoms with Crippen LogP contribution in [0.15, 0.2) is 18.2 Å². The molecule has 0 aliphatic rings. The summed E-state index contributed by atoms with van der Waals surface area (Å²) in [5.74, 6) is 0.991. The average molecular weight is 268 g/mol. The van der Waals surface area contributed by atoms with Crippen LogP contribution in [0.2, 0.25) is 0 Å². The number of amides is 1. The van der Waals surface area contributed by atoms with Gasteiger partial charge in [-0.05, 0) is 17.7 Å². The largest absolute Gasteiger partial charge is 0.493 e. The molecule has 1 aromatic rings. The number of methoxy groups -OCH3 is 2. The van der Waals surface area contributed by atoms with Crippen molar-refractivity contribution in [1.82, 2.24) is 5.32 Å². The van der Waals surface area contributed by atoms with Crippen molar-refractivity contribution in [1.29, 1.82) is 0 Å². The number of hydrogen-bond donors (Lipinski definition) is 3. The first-order valence-electron chi connectivity index (χ1n) is 5.97. The summed E-state index contributed by atoms with van der Waals surface area (Å²) in [5, 5.41) is 11.2. The predicted octanol–water partition coefficient (Wildman–Crippen LogP) is 0.202. The minimum atomic E-state index is -0.432. The Bertz CT molecular complexity index is 423. The van der Waals surface area contributed by atoms with Crippen molar-refractivity contribution in [3.63, 3.8) is 0 Å². The van der Waals surface area contributed by atoms with Gasteiger partial charge >= 0.3 is 0 Å². The van der Waals surface area contributed by atoms with Gasteiger partial charge < -0.3 is 25.6 Å². The van der Waals surface area contributed by atoms with Crippen molar-refractivity contribution in [2.24, 2.45) is 5.73 Å². The maximum atomic E-state index is 11.5. The molecule has 1 amide bonds. The zero-order chi connectivity index (χ0) is 14.3. The van der Waals surface area contributed by atoms with Crippen LogP contribution >= 0.6 is 0 Å². The van der Waals surface area contributed by atoms with Gasteiger partial charge in [-0.3, -0.25) is 4.79 Å². The van der Waals surface area contributed by atoms with Crippen LogP contribution in [0.5, 0.6) is 11.5 Å². The Labute approximate surface area is 112 Å². The van der Waals surface area contributed by atoms with E-state index in [1.807, 2.05) is 0 Å². The zero-order valence-electron chi connectivity index (χ0n) is 11.2. The molecule has 6 heteroatoms. The number of aliphatic hydroxyl groups is 1. The summed E-state index contributed by atoms with van der Waals surface area (Å²) in [6, 6.07) is 4.87. The van der Waals surface area contributed by atoms with Crippen LogP contribution in [0.25, 0.3) is 0 Å². The Morgan fingerprint density at radius 2 is 2.05 bits per heavy atom. The summed E-state index contributed by atoms with van der Waals surface area (Å²) in [6.45, 7) is 0.148. The normalized spacial score (nSPS) is 11.8. The average Bonchev–Trinajstić information content (AvgIpc) is 2.44. The van der Waals surface area contributed by atoms with E-state index in [9.17, 15) is 4.79 Å². The highest BCUT2D eigenvalue weighted by Gasteiger charge is 2.14. The predicted molar refractivity (Wildman–Crippen MR) is 71.2 cm³/mol. The lowest BCUT2D eigenvalue weighted by atomic mass is 10.0. The summed E-state index contributed by atoms with van der Waals surface area (Å²) in [7, 11) is 3.10. The van der Waals surface area contributed by atoms with Gasteiger partial charge in [-0.15, -0.1) is 0 Å². The van der Waals surface area contributed by atoms with Crippen molar-refractivity contribution in [3.8, 4) is 11.5 Å². The molecular formula is C13H20N2O4. The molecular weight excluding hydrogens is 248 g/mol. The van der Waals surface area contributed by atoms with Gasteiger partial charge in [-0.25, -0.2) is 0 Å². The van der Waals surface area contributed by atoms with Crippen LogP contribution in [0, 0.1) is 0 Å². The lowest BCUT2D eigenvalue weighted by Crippen LogP contribution is -2.29. The molecule has 0 aliphatic carbocycles. The molecule has 0 saturated carbocycles. The topological polar surface area (TPSA) is 93.8 Å². The van der Waals surface area contributed by atoms with Gasteiger partial charge in [0.2, 0.25) is 5.91 Å². The Morgan fingerprint density at radius 1 is 1.37 bits per heavy atom. The lowest BCUT2D eigenvalue weighted by Gasteiger charge is -2.14. The van der Waals surface area contributed by atoms with Crippen molar-refractivity contribution >= 4 is 5.91 Å². The van der Waals surface area contributed by atoms with Crippen LogP contribution in [0.4, 0.5) is 0 Å². The highest BCUT2D eigenvalue weighted by molar-refractivity contribution is 5.76. The minimum absolute atomic E-state index is 0.0860. The first kappa shape index (κ1) is 15.3. The fraction of sp³-hybridized carbons (Fsp3) is 0.462. The lowest BCUT2D eigenvalue weighted by molar-refractivity contribution is -0.121. The number of rotatable bonds is 7. The first-order valence-corrected chi connectivity index (χ1v) is 5.97. The van der Waals surface area contributed by atoms with Gasteiger partial charge in [-0.1, -0.05) is 6.07 Å². The minimum Gasteiger partial charge on any atom is -0.493 e. The Kier molecular flexibility index (Phi) is 6.11. The maximum Gasteiger partial charge on any atom is 0.221 e. The standard InChI is InChI=1S/C13H20N2O4/c1-18-11-4-3-9(7-12(11)19-2)10(14)8-13(17)15-5-6-16/h3-4,7,10,16H,5-6,8,14H2,1-2H3,(H,15,17). The van der Waals surface area contributed by atoms with Gasteiger partial charge in [-0.2, -0.15) is 0 Å². The number of carbonyl (C=O) groups excluding carboxylic acids is 1. The first-order chi connectivity index (χ1) is 9.12. The molecule has 0 aliphatic heterocycles. The molecule has 0 radical (unpaired) electrons. The third-order valence-corrected chi connectivity index (χ3v) is 2.68. The summed E-state index contributed by atoms with van der Waals surface area (Å²) in [4.78, 5) is 11.5. The van der Waals surface area contributed by atoms with Crippen molar-refractivity contribution in [2.45, 2.75) is 12.5 Å². The maximum absolute atomic E-state index is 11.5. The number of nitrogens with one attached hydrogen (secondary N) is 1. The van der Waals surface area contributed by atoms with E-state index < -0.39 is 6.04 Å². The number of hydrogen-bond acceptors (Lipinski definition) is 5. The molecule has 1 unspecified atom stereocenters. The monoisotopic (exact) mass is 268 g/mol. The van der Waals surface area contributed by atoms with E-state index in [4.69, 9.17) is 20.3 Å². The van der Waals surface area contributed by atoms with Crippen molar-refractivity contribution in [3.05, 3.63) is 23.8 Å². The molecule has 6 nitrogen and oxygen atoms in total. The smallest absolute Gasteiger partial charge is 0.221 e. The van der Waals surface area contributed by atoms with Crippen LogP contribution in [-0.4, -0.2) is 38.4 Å². The quantitative estimate of drug-likeness (QED) is 0.657. The second kappa shape index (κ2) is 7.60. The van der Waals surface area contributed by atoms with E-state index in [0.29, 0.717) is 11.5 Å². The number of nitrogens with two attached hydrogens (primary N) is 1. The number of aliphatic hydroxyl groups excluding tert-OH is 1. The summed E-state index contributed by atoms with van der Waals surface area (Å²) in [6.07, 6.45) is 0.148. The van der Waals surface area contributed by atoms with E-state index in [2.05, 4.69) is 5.32 Å². The van der Waals surface area contributed by atoms with Gasteiger partial charge in [0.25, 0.3) is 0 Å². The van der Waals surface area contributed by atoms with E-state index >= 15 is 0 Å². The van der Waals surface area contributed by atoms with Gasteiger partial charge in [0.15, 0.2) is 11.5 Å². The third kappa shape index (κ3) is 4.42. The van der Waals surface area contributed by atoms with Gasteiger partial charge in [0, 0.05) is 19.0 Å². The summed E-state index contributed by atoms with van der Waals surface area (Å²) >= 11 is 0. The molecule has 0 aromatic heterocycles. The second-order valence-electron chi connectivity index (χ2n) is 4.00.